The van der Waals surface area contributed by atoms with Crippen LogP contribution in [-0.2, 0) is 13.6 Å². The smallest absolute Gasteiger partial charge is 0.251 e. The molecule has 6 nitrogen and oxygen atoms in total. The molecule has 0 aliphatic heterocycles. The maximum atomic E-state index is 13.4. The third-order valence-corrected chi connectivity index (χ3v) is 5.41. The largest absolute Gasteiger partial charge is 0.345 e. The Kier molecular flexibility index (Phi) is 7.00. The van der Waals surface area contributed by atoms with Crippen LogP contribution in [0, 0.1) is 5.82 Å². The minimum atomic E-state index is -0.285. The molecule has 0 saturated carbocycles. The molecule has 0 atom stereocenters. The minimum absolute atomic E-state index is 0.194. The normalized spacial score (nSPS) is 11.1. The van der Waals surface area contributed by atoms with Gasteiger partial charge >= 0.3 is 0 Å². The van der Waals surface area contributed by atoms with Crippen LogP contribution in [0.1, 0.15) is 16.2 Å². The van der Waals surface area contributed by atoms with Crippen molar-refractivity contribution in [1.29, 1.82) is 0 Å². The van der Waals surface area contributed by atoms with E-state index in [0.29, 0.717) is 17.9 Å². The molecule has 2 aromatic carbocycles. The Morgan fingerprint density at radius 2 is 1.90 bits per heavy atom. The van der Waals surface area contributed by atoms with Gasteiger partial charge in [-0.05, 0) is 49.5 Å². The summed E-state index contributed by atoms with van der Waals surface area (Å²) in [7, 11) is 5.96. The van der Waals surface area contributed by atoms with Gasteiger partial charge in [-0.1, -0.05) is 36.0 Å². The predicted molar refractivity (Wildman–Crippen MR) is 113 cm³/mol. The van der Waals surface area contributed by atoms with Crippen molar-refractivity contribution < 1.29 is 9.18 Å². The fraction of sp³-hybridized carbons (Fsp3) is 0.286. The van der Waals surface area contributed by atoms with E-state index in [9.17, 15) is 9.18 Å². The van der Waals surface area contributed by atoms with Crippen LogP contribution in [0.25, 0.3) is 11.1 Å². The van der Waals surface area contributed by atoms with Gasteiger partial charge < -0.3 is 14.8 Å². The van der Waals surface area contributed by atoms with Crippen LogP contribution < -0.4 is 5.32 Å². The third-order valence-electron chi connectivity index (χ3n) is 4.41. The standard InChI is InChI=1S/C21H24FN5OS/c1-26(2)11-12-29-21-25-24-19(27(21)3)14-23-20(28)16-9-7-15(8-10-16)17-5-4-6-18(22)13-17/h4-10,13H,11-12,14H2,1-3H3,(H,23,28). The Bertz CT molecular complexity index is 971. The fourth-order valence-electron chi connectivity index (χ4n) is 2.69. The number of carbonyl (C=O) groups excluding carboxylic acids is 1. The van der Waals surface area contributed by atoms with Crippen molar-refractivity contribution in [2.24, 2.45) is 7.05 Å². The second-order valence-electron chi connectivity index (χ2n) is 6.88. The molecule has 0 aliphatic rings. The maximum absolute atomic E-state index is 13.4. The maximum Gasteiger partial charge on any atom is 0.251 e. The van der Waals surface area contributed by atoms with E-state index >= 15 is 0 Å². The molecule has 0 aliphatic carbocycles. The third kappa shape index (κ3) is 5.65. The van der Waals surface area contributed by atoms with E-state index in [1.54, 1.807) is 30.0 Å². The number of halogens is 1. The highest BCUT2D eigenvalue weighted by atomic mass is 32.2. The summed E-state index contributed by atoms with van der Waals surface area (Å²) in [4.78, 5) is 14.6. The zero-order valence-electron chi connectivity index (χ0n) is 16.7. The molecule has 29 heavy (non-hydrogen) atoms. The Morgan fingerprint density at radius 3 is 2.59 bits per heavy atom. The highest BCUT2D eigenvalue weighted by Gasteiger charge is 2.12. The van der Waals surface area contributed by atoms with Crippen molar-refractivity contribution in [3.8, 4) is 11.1 Å². The lowest BCUT2D eigenvalue weighted by Crippen LogP contribution is -2.24. The van der Waals surface area contributed by atoms with Crippen molar-refractivity contribution >= 4 is 17.7 Å². The molecular formula is C21H24FN5OS. The van der Waals surface area contributed by atoms with E-state index in [0.717, 1.165) is 28.6 Å². The number of hydrogen-bond donors (Lipinski definition) is 1. The minimum Gasteiger partial charge on any atom is -0.345 e. The van der Waals surface area contributed by atoms with Gasteiger partial charge in [0.2, 0.25) is 0 Å². The highest BCUT2D eigenvalue weighted by Crippen LogP contribution is 2.20. The first-order valence-corrected chi connectivity index (χ1v) is 10.2. The van der Waals surface area contributed by atoms with Crippen LogP contribution >= 0.6 is 11.8 Å². The Morgan fingerprint density at radius 1 is 1.14 bits per heavy atom. The summed E-state index contributed by atoms with van der Waals surface area (Å²) in [5.41, 5.74) is 2.16. The topological polar surface area (TPSA) is 63.1 Å². The Balaban J connectivity index is 1.58. The molecule has 3 aromatic rings. The molecule has 0 saturated heterocycles. The van der Waals surface area contributed by atoms with Crippen molar-refractivity contribution in [3.05, 3.63) is 65.7 Å². The lowest BCUT2D eigenvalue weighted by Gasteiger charge is -2.09. The summed E-state index contributed by atoms with van der Waals surface area (Å²) in [5, 5.41) is 12.1. The number of hydrogen-bond acceptors (Lipinski definition) is 5. The number of rotatable bonds is 8. The fourth-order valence-corrected chi connectivity index (χ4v) is 3.72. The van der Waals surface area contributed by atoms with Gasteiger partial charge in [0.1, 0.15) is 5.82 Å². The Labute approximate surface area is 174 Å². The Hall–Kier alpha value is -2.71. The SMILES string of the molecule is CN(C)CCSc1nnc(CNC(=O)c2ccc(-c3cccc(F)c3)cc2)n1C. The molecule has 1 aromatic heterocycles. The highest BCUT2D eigenvalue weighted by molar-refractivity contribution is 7.99. The predicted octanol–water partition coefficient (Wildman–Crippen LogP) is 3.20. The van der Waals surface area contributed by atoms with E-state index in [4.69, 9.17) is 0 Å². The number of nitrogens with zero attached hydrogens (tertiary/aromatic N) is 4. The van der Waals surface area contributed by atoms with Crippen LogP contribution in [0.3, 0.4) is 0 Å². The van der Waals surface area contributed by atoms with Crippen molar-refractivity contribution in [2.45, 2.75) is 11.7 Å². The first kappa shape index (κ1) is 21.0. The number of benzene rings is 2. The molecule has 1 heterocycles. The summed E-state index contributed by atoms with van der Waals surface area (Å²) < 4.78 is 15.3. The van der Waals surface area contributed by atoms with E-state index in [-0.39, 0.29) is 11.7 Å². The number of amides is 1. The van der Waals surface area contributed by atoms with Crippen molar-refractivity contribution in [3.63, 3.8) is 0 Å². The van der Waals surface area contributed by atoms with Gasteiger partial charge in [0.25, 0.3) is 5.91 Å². The van der Waals surface area contributed by atoms with Crippen molar-refractivity contribution in [2.75, 3.05) is 26.4 Å². The van der Waals surface area contributed by atoms with E-state index in [2.05, 4.69) is 20.4 Å². The lowest BCUT2D eigenvalue weighted by molar-refractivity contribution is 0.0949. The molecule has 0 spiro atoms. The first-order chi connectivity index (χ1) is 13.9. The van der Waals surface area contributed by atoms with Gasteiger partial charge in [0.05, 0.1) is 6.54 Å². The summed E-state index contributed by atoms with van der Waals surface area (Å²) in [6.45, 7) is 1.25. The van der Waals surface area contributed by atoms with Crippen LogP contribution in [0.5, 0.6) is 0 Å². The first-order valence-electron chi connectivity index (χ1n) is 9.24. The molecule has 3 rings (SSSR count). The number of thioether (sulfide) groups is 1. The molecule has 0 unspecified atom stereocenters. The summed E-state index contributed by atoms with van der Waals surface area (Å²) >= 11 is 1.64. The van der Waals surface area contributed by atoms with Crippen LogP contribution in [0.15, 0.2) is 53.7 Å². The van der Waals surface area contributed by atoms with Crippen LogP contribution in [0.2, 0.25) is 0 Å². The van der Waals surface area contributed by atoms with Crippen LogP contribution in [0.4, 0.5) is 4.39 Å². The molecule has 0 radical (unpaired) electrons. The van der Waals surface area contributed by atoms with Crippen LogP contribution in [-0.4, -0.2) is 52.0 Å². The van der Waals surface area contributed by atoms with Gasteiger partial charge in [-0.3, -0.25) is 4.79 Å². The van der Waals surface area contributed by atoms with Gasteiger partial charge in [-0.2, -0.15) is 0 Å². The second-order valence-corrected chi connectivity index (χ2v) is 7.94. The quantitative estimate of drug-likeness (QED) is 0.575. The van der Waals surface area contributed by atoms with Gasteiger partial charge in [0, 0.05) is 24.9 Å². The molecule has 0 fully saturated rings. The molecule has 0 bridgehead atoms. The average molecular weight is 414 g/mol. The zero-order valence-corrected chi connectivity index (χ0v) is 17.5. The van der Waals surface area contributed by atoms with Gasteiger partial charge in [0.15, 0.2) is 11.0 Å². The lowest BCUT2D eigenvalue weighted by atomic mass is 10.0. The monoisotopic (exact) mass is 413 g/mol. The molecule has 152 valence electrons. The summed E-state index contributed by atoms with van der Waals surface area (Å²) in [6, 6.07) is 13.5. The zero-order chi connectivity index (χ0) is 20.8. The van der Waals surface area contributed by atoms with Gasteiger partial charge in [-0.25, -0.2) is 4.39 Å². The number of carbonyl (C=O) groups is 1. The summed E-state index contributed by atoms with van der Waals surface area (Å²) in [5.74, 6) is 1.14. The average Bonchev–Trinajstić information content (AvgIpc) is 3.06. The van der Waals surface area contributed by atoms with Gasteiger partial charge in [-0.15, -0.1) is 10.2 Å². The number of aromatic nitrogens is 3. The van der Waals surface area contributed by atoms with E-state index < -0.39 is 0 Å². The van der Waals surface area contributed by atoms with E-state index in [1.807, 2.05) is 43.9 Å². The molecule has 1 amide bonds. The van der Waals surface area contributed by atoms with E-state index in [1.165, 1.54) is 12.1 Å². The second kappa shape index (κ2) is 9.67. The summed E-state index contributed by atoms with van der Waals surface area (Å²) in [6.07, 6.45) is 0. The van der Waals surface area contributed by atoms with Crippen molar-refractivity contribution in [1.82, 2.24) is 25.0 Å². The molecule has 1 N–H and O–H groups in total. The molecule has 8 heteroatoms. The number of nitrogens with one attached hydrogen (secondary N) is 1. The molecular weight excluding hydrogens is 389 g/mol.